The number of pyridine rings is 1. The molecule has 3 rings (SSSR count). The summed E-state index contributed by atoms with van der Waals surface area (Å²) in [5.41, 5.74) is 2.78. The summed E-state index contributed by atoms with van der Waals surface area (Å²) in [6.45, 7) is 3.18. The molecule has 1 aromatic heterocycles. The molecular formula is C17H27N3O3S. The Morgan fingerprint density at radius 1 is 1.25 bits per heavy atom. The van der Waals surface area contributed by atoms with Crippen molar-refractivity contribution >= 4 is 15.7 Å². The number of sulfonamides is 1. The summed E-state index contributed by atoms with van der Waals surface area (Å²) in [6.07, 6.45) is 3.32. The minimum Gasteiger partial charge on any atom is -0.378 e. The van der Waals surface area contributed by atoms with E-state index in [1.807, 2.05) is 38.1 Å². The van der Waals surface area contributed by atoms with Crippen molar-refractivity contribution < 1.29 is 13.2 Å². The Balaban J connectivity index is 1.81. The lowest BCUT2D eigenvalue weighted by atomic mass is 10.1. The van der Waals surface area contributed by atoms with Gasteiger partial charge in [0.15, 0.2) is 0 Å². The number of rotatable bonds is 4. The van der Waals surface area contributed by atoms with Crippen LogP contribution in [-0.2, 0) is 14.8 Å². The van der Waals surface area contributed by atoms with Crippen LogP contribution in [0.25, 0.3) is 0 Å². The second kappa shape index (κ2) is 6.98. The molecule has 0 N–H and O–H groups in total. The Bertz CT molecular complexity index is 684. The Hall–Kier alpha value is -1.18. The van der Waals surface area contributed by atoms with Crippen molar-refractivity contribution in [1.29, 1.82) is 0 Å². The Morgan fingerprint density at radius 3 is 2.62 bits per heavy atom. The largest absolute Gasteiger partial charge is 0.378 e. The second-order valence-electron chi connectivity index (χ2n) is 6.95. The molecule has 1 saturated carbocycles. The highest BCUT2D eigenvalue weighted by molar-refractivity contribution is 7.89. The zero-order valence-corrected chi connectivity index (χ0v) is 15.6. The van der Waals surface area contributed by atoms with Crippen molar-refractivity contribution in [3.05, 3.63) is 23.5 Å². The van der Waals surface area contributed by atoms with E-state index in [-0.39, 0.29) is 11.4 Å². The van der Waals surface area contributed by atoms with Gasteiger partial charge in [-0.1, -0.05) is 12.8 Å². The standard InChI is InChI=1S/C17H27N3O3S/c1-13-10-14(19(2)3)11-16(18-13)17-12-20(8-9-23-17)24(21,22)15-6-4-5-7-15/h10-11,15,17H,4-9,12H2,1-3H3. The van der Waals surface area contributed by atoms with Gasteiger partial charge < -0.3 is 9.64 Å². The van der Waals surface area contributed by atoms with Crippen LogP contribution in [0, 0.1) is 6.92 Å². The highest BCUT2D eigenvalue weighted by Gasteiger charge is 2.37. The lowest BCUT2D eigenvalue weighted by Crippen LogP contribution is -2.45. The molecule has 0 spiro atoms. The third-order valence-corrected chi connectivity index (χ3v) is 7.28. The van der Waals surface area contributed by atoms with Crippen molar-refractivity contribution in [2.45, 2.75) is 44.0 Å². The first kappa shape index (κ1) is 17.6. The van der Waals surface area contributed by atoms with Crippen molar-refractivity contribution in [3.8, 4) is 0 Å². The van der Waals surface area contributed by atoms with E-state index >= 15 is 0 Å². The van der Waals surface area contributed by atoms with Crippen LogP contribution >= 0.6 is 0 Å². The number of hydrogen-bond acceptors (Lipinski definition) is 5. The van der Waals surface area contributed by atoms with Gasteiger partial charge in [0.05, 0.1) is 17.6 Å². The lowest BCUT2D eigenvalue weighted by molar-refractivity contribution is -0.00524. The number of aryl methyl sites for hydroxylation is 1. The third kappa shape index (κ3) is 3.58. The number of nitrogens with zero attached hydrogens (tertiary/aromatic N) is 3. The van der Waals surface area contributed by atoms with Crippen LogP contribution in [0.1, 0.15) is 43.2 Å². The molecule has 1 aliphatic carbocycles. The molecule has 6 nitrogen and oxygen atoms in total. The number of anilines is 1. The van der Waals surface area contributed by atoms with E-state index in [0.717, 1.165) is 42.8 Å². The first-order chi connectivity index (χ1) is 11.4. The molecule has 1 saturated heterocycles. The van der Waals surface area contributed by atoms with Crippen molar-refractivity contribution in [2.75, 3.05) is 38.7 Å². The predicted molar refractivity (Wildman–Crippen MR) is 94.7 cm³/mol. The monoisotopic (exact) mass is 353 g/mol. The molecule has 1 aromatic rings. The summed E-state index contributed by atoms with van der Waals surface area (Å²) in [7, 11) is 0.742. The fourth-order valence-corrected chi connectivity index (χ4v) is 5.55. The Kier molecular flexibility index (Phi) is 5.13. The Morgan fingerprint density at radius 2 is 1.96 bits per heavy atom. The van der Waals surface area contributed by atoms with Crippen LogP contribution in [0.2, 0.25) is 0 Å². The third-order valence-electron chi connectivity index (χ3n) is 4.92. The average Bonchev–Trinajstić information content (AvgIpc) is 3.09. The van der Waals surface area contributed by atoms with Crippen LogP contribution in [0.5, 0.6) is 0 Å². The van der Waals surface area contributed by atoms with Crippen molar-refractivity contribution in [2.24, 2.45) is 0 Å². The molecule has 24 heavy (non-hydrogen) atoms. The zero-order valence-electron chi connectivity index (χ0n) is 14.7. The number of aromatic nitrogens is 1. The number of hydrogen-bond donors (Lipinski definition) is 0. The zero-order chi connectivity index (χ0) is 17.3. The van der Waals surface area contributed by atoms with E-state index in [1.54, 1.807) is 4.31 Å². The first-order valence-electron chi connectivity index (χ1n) is 8.64. The summed E-state index contributed by atoms with van der Waals surface area (Å²) in [5, 5.41) is -0.209. The van der Waals surface area contributed by atoms with Gasteiger partial charge in [0, 0.05) is 38.6 Å². The molecule has 7 heteroatoms. The minimum absolute atomic E-state index is 0.209. The Labute approximate surface area is 144 Å². The molecular weight excluding hydrogens is 326 g/mol. The van der Waals surface area contributed by atoms with Gasteiger partial charge >= 0.3 is 0 Å². The highest BCUT2D eigenvalue weighted by atomic mass is 32.2. The molecule has 1 unspecified atom stereocenters. The SMILES string of the molecule is Cc1cc(N(C)C)cc(C2CN(S(=O)(=O)C3CCCC3)CCO2)n1. The van der Waals surface area contributed by atoms with Gasteiger partial charge in [0.2, 0.25) is 10.0 Å². The number of morpholine rings is 1. The van der Waals surface area contributed by atoms with Crippen LogP contribution in [0.4, 0.5) is 5.69 Å². The van der Waals surface area contributed by atoms with E-state index in [1.165, 1.54) is 0 Å². The normalized spacial score (nSPS) is 23.5. The molecule has 2 fully saturated rings. The molecule has 1 atom stereocenters. The smallest absolute Gasteiger partial charge is 0.217 e. The van der Waals surface area contributed by atoms with Crippen LogP contribution < -0.4 is 4.90 Å². The molecule has 1 aliphatic heterocycles. The van der Waals surface area contributed by atoms with E-state index in [2.05, 4.69) is 4.98 Å². The van der Waals surface area contributed by atoms with Crippen LogP contribution in [0.15, 0.2) is 12.1 Å². The van der Waals surface area contributed by atoms with E-state index in [9.17, 15) is 8.42 Å². The summed E-state index contributed by atoms with van der Waals surface area (Å²) in [5.74, 6) is 0. The molecule has 134 valence electrons. The van der Waals surface area contributed by atoms with Gasteiger partial charge in [-0.3, -0.25) is 4.98 Å². The summed E-state index contributed by atoms with van der Waals surface area (Å²) >= 11 is 0. The fraction of sp³-hybridized carbons (Fsp3) is 0.706. The predicted octanol–water partition coefficient (Wildman–Crippen LogP) is 2.10. The van der Waals surface area contributed by atoms with E-state index in [4.69, 9.17) is 4.74 Å². The van der Waals surface area contributed by atoms with Crippen LogP contribution in [0.3, 0.4) is 0 Å². The fourth-order valence-electron chi connectivity index (χ4n) is 3.53. The second-order valence-corrected chi connectivity index (χ2v) is 9.17. The minimum atomic E-state index is -3.22. The van der Waals surface area contributed by atoms with Gasteiger partial charge in [-0.15, -0.1) is 0 Å². The van der Waals surface area contributed by atoms with E-state index in [0.29, 0.717) is 19.7 Å². The number of ether oxygens (including phenoxy) is 1. The van der Waals surface area contributed by atoms with Gasteiger partial charge in [-0.25, -0.2) is 8.42 Å². The first-order valence-corrected chi connectivity index (χ1v) is 10.1. The van der Waals surface area contributed by atoms with Gasteiger partial charge in [-0.2, -0.15) is 4.31 Å². The van der Waals surface area contributed by atoms with Gasteiger partial charge in [0.1, 0.15) is 6.10 Å². The summed E-state index contributed by atoms with van der Waals surface area (Å²) in [4.78, 5) is 6.60. The van der Waals surface area contributed by atoms with Crippen LogP contribution in [-0.4, -0.2) is 56.7 Å². The topological polar surface area (TPSA) is 62.7 Å². The molecule has 0 radical (unpaired) electrons. The van der Waals surface area contributed by atoms with Gasteiger partial charge in [0.25, 0.3) is 0 Å². The maximum Gasteiger partial charge on any atom is 0.217 e. The maximum absolute atomic E-state index is 12.8. The summed E-state index contributed by atoms with van der Waals surface area (Å²) in [6, 6.07) is 4.00. The highest BCUT2D eigenvalue weighted by Crippen LogP contribution is 2.31. The van der Waals surface area contributed by atoms with Gasteiger partial charge in [-0.05, 0) is 31.9 Å². The summed E-state index contributed by atoms with van der Waals surface area (Å²) < 4.78 is 33.2. The average molecular weight is 353 g/mol. The van der Waals surface area contributed by atoms with Crippen molar-refractivity contribution in [1.82, 2.24) is 9.29 Å². The quantitative estimate of drug-likeness (QED) is 0.829. The molecule has 2 heterocycles. The molecule has 2 aliphatic rings. The molecule has 0 bridgehead atoms. The maximum atomic E-state index is 12.8. The molecule has 0 amide bonds. The lowest BCUT2D eigenvalue weighted by Gasteiger charge is -2.34. The molecule has 0 aromatic carbocycles. The van der Waals surface area contributed by atoms with Crippen molar-refractivity contribution in [3.63, 3.8) is 0 Å². The van der Waals surface area contributed by atoms with E-state index < -0.39 is 10.0 Å².